The molecule has 2 aromatic carbocycles. The highest BCUT2D eigenvalue weighted by Crippen LogP contribution is 2.21. The van der Waals surface area contributed by atoms with Gasteiger partial charge in [0.25, 0.3) is 0 Å². The van der Waals surface area contributed by atoms with Gasteiger partial charge in [-0.25, -0.2) is 4.84 Å². The van der Waals surface area contributed by atoms with Gasteiger partial charge in [-0.1, -0.05) is 31.2 Å². The first-order valence-corrected chi connectivity index (χ1v) is 6.89. The Hall–Kier alpha value is -2.05. The minimum Gasteiger partial charge on any atom is -0.356 e. The van der Waals surface area contributed by atoms with Crippen molar-refractivity contribution in [3.05, 3.63) is 59.7 Å². The lowest BCUT2D eigenvalue weighted by Gasteiger charge is -2.13. The summed E-state index contributed by atoms with van der Waals surface area (Å²) in [7, 11) is 0. The molecule has 0 atom stereocenters. The number of alkyl halides is 3. The fourth-order valence-electron chi connectivity index (χ4n) is 2.09. The summed E-state index contributed by atoms with van der Waals surface area (Å²) in [6.45, 7) is 1.95. The molecule has 0 radical (unpaired) electrons. The standard InChI is InChI=1S/C16H17F3N2O/c1-2-12-10-15(21-14-6-4-3-5-7-14)9-8-13(12)11-20-22-16(17,18)19/h3-10,20-21H,2,11H2,1H3. The van der Waals surface area contributed by atoms with Gasteiger partial charge in [-0.15, -0.1) is 13.2 Å². The van der Waals surface area contributed by atoms with E-state index in [2.05, 4.69) is 10.2 Å². The van der Waals surface area contributed by atoms with Crippen molar-refractivity contribution >= 4 is 11.4 Å². The Kier molecular flexibility index (Phi) is 5.41. The van der Waals surface area contributed by atoms with E-state index in [1.807, 2.05) is 54.9 Å². The molecule has 0 aliphatic rings. The summed E-state index contributed by atoms with van der Waals surface area (Å²) in [5.41, 5.74) is 5.51. The van der Waals surface area contributed by atoms with Gasteiger partial charge in [-0.05, 0) is 41.8 Å². The first kappa shape index (κ1) is 16.3. The molecular weight excluding hydrogens is 293 g/mol. The molecular formula is C16H17F3N2O. The second kappa shape index (κ2) is 7.29. The van der Waals surface area contributed by atoms with Crippen molar-refractivity contribution in [3.63, 3.8) is 0 Å². The van der Waals surface area contributed by atoms with Crippen LogP contribution in [0.25, 0.3) is 0 Å². The Labute approximate surface area is 127 Å². The van der Waals surface area contributed by atoms with Crippen LogP contribution in [0.1, 0.15) is 18.1 Å². The minimum absolute atomic E-state index is 0.00565. The Balaban J connectivity index is 2.04. The molecule has 0 heterocycles. The quantitative estimate of drug-likeness (QED) is 0.769. The molecule has 0 unspecified atom stereocenters. The first-order valence-electron chi connectivity index (χ1n) is 6.89. The molecule has 3 nitrogen and oxygen atoms in total. The number of nitrogens with one attached hydrogen (secondary N) is 2. The fourth-order valence-corrected chi connectivity index (χ4v) is 2.09. The van der Waals surface area contributed by atoms with Gasteiger partial charge in [0.1, 0.15) is 0 Å². The molecule has 0 spiro atoms. The normalized spacial score (nSPS) is 11.5. The summed E-state index contributed by atoms with van der Waals surface area (Å²) in [4.78, 5) is 3.59. The maximum absolute atomic E-state index is 12.0. The highest BCUT2D eigenvalue weighted by molar-refractivity contribution is 5.60. The number of halogens is 3. The van der Waals surface area contributed by atoms with E-state index >= 15 is 0 Å². The van der Waals surface area contributed by atoms with Crippen LogP contribution in [0.4, 0.5) is 24.5 Å². The molecule has 6 heteroatoms. The molecule has 118 valence electrons. The Bertz CT molecular complexity index is 600. The van der Waals surface area contributed by atoms with Crippen LogP contribution in [0, 0.1) is 0 Å². The zero-order valence-corrected chi connectivity index (χ0v) is 12.1. The van der Waals surface area contributed by atoms with Crippen molar-refractivity contribution in [2.75, 3.05) is 5.32 Å². The fraction of sp³-hybridized carbons (Fsp3) is 0.250. The molecule has 0 aliphatic carbocycles. The Morgan fingerprint density at radius 2 is 1.68 bits per heavy atom. The zero-order chi connectivity index (χ0) is 16.0. The average molecular weight is 310 g/mol. The van der Waals surface area contributed by atoms with E-state index < -0.39 is 6.36 Å². The first-order chi connectivity index (χ1) is 10.5. The van der Waals surface area contributed by atoms with Gasteiger partial charge in [-0.2, -0.15) is 5.48 Å². The molecule has 2 rings (SSSR count). The predicted octanol–water partition coefficient (Wildman–Crippen LogP) is 4.53. The third-order valence-corrected chi connectivity index (χ3v) is 3.10. The summed E-state index contributed by atoms with van der Waals surface area (Å²) < 4.78 is 35.9. The summed E-state index contributed by atoms with van der Waals surface area (Å²) >= 11 is 0. The molecule has 2 aromatic rings. The van der Waals surface area contributed by atoms with Crippen LogP contribution in [-0.4, -0.2) is 6.36 Å². The van der Waals surface area contributed by atoms with E-state index in [0.717, 1.165) is 22.5 Å². The van der Waals surface area contributed by atoms with Crippen LogP contribution in [0.5, 0.6) is 0 Å². The van der Waals surface area contributed by atoms with Gasteiger partial charge in [0, 0.05) is 17.9 Å². The number of hydroxylamine groups is 1. The molecule has 0 bridgehead atoms. The van der Waals surface area contributed by atoms with Gasteiger partial charge in [0.05, 0.1) is 0 Å². The van der Waals surface area contributed by atoms with E-state index in [1.165, 1.54) is 0 Å². The van der Waals surface area contributed by atoms with Crippen LogP contribution >= 0.6 is 0 Å². The zero-order valence-electron chi connectivity index (χ0n) is 12.1. The molecule has 0 aromatic heterocycles. The van der Waals surface area contributed by atoms with E-state index in [9.17, 15) is 13.2 Å². The lowest BCUT2D eigenvalue weighted by molar-refractivity contribution is -0.351. The number of hydrogen-bond acceptors (Lipinski definition) is 3. The van der Waals surface area contributed by atoms with Gasteiger partial charge in [0.15, 0.2) is 0 Å². The van der Waals surface area contributed by atoms with E-state index in [1.54, 1.807) is 6.07 Å². The van der Waals surface area contributed by atoms with Crippen molar-refractivity contribution in [1.82, 2.24) is 5.48 Å². The van der Waals surface area contributed by atoms with Gasteiger partial charge < -0.3 is 5.32 Å². The van der Waals surface area contributed by atoms with Crippen molar-refractivity contribution in [3.8, 4) is 0 Å². The lowest BCUT2D eigenvalue weighted by atomic mass is 10.0. The largest absolute Gasteiger partial charge is 0.538 e. The third-order valence-electron chi connectivity index (χ3n) is 3.10. The Morgan fingerprint density at radius 3 is 2.32 bits per heavy atom. The summed E-state index contributed by atoms with van der Waals surface area (Å²) in [5.74, 6) is 0. The smallest absolute Gasteiger partial charge is 0.356 e. The number of rotatable bonds is 6. The molecule has 22 heavy (non-hydrogen) atoms. The highest BCUT2D eigenvalue weighted by Gasteiger charge is 2.29. The maximum atomic E-state index is 12.0. The van der Waals surface area contributed by atoms with Crippen molar-refractivity contribution in [2.24, 2.45) is 0 Å². The van der Waals surface area contributed by atoms with Crippen LogP contribution in [0.2, 0.25) is 0 Å². The SMILES string of the molecule is CCc1cc(Nc2ccccc2)ccc1CNOC(F)(F)F. The number of hydrogen-bond donors (Lipinski definition) is 2. The maximum Gasteiger partial charge on any atom is 0.538 e. The monoisotopic (exact) mass is 310 g/mol. The molecule has 0 saturated carbocycles. The summed E-state index contributed by atoms with van der Waals surface area (Å²) in [6, 6.07) is 15.2. The van der Waals surface area contributed by atoms with Crippen LogP contribution in [0.3, 0.4) is 0 Å². The van der Waals surface area contributed by atoms with Gasteiger partial charge in [-0.3, -0.25) is 0 Å². The van der Waals surface area contributed by atoms with Crippen LogP contribution in [-0.2, 0) is 17.8 Å². The number of benzene rings is 2. The molecule has 0 aliphatic heterocycles. The molecule has 0 fully saturated rings. The highest BCUT2D eigenvalue weighted by atomic mass is 19.4. The van der Waals surface area contributed by atoms with Crippen LogP contribution < -0.4 is 10.8 Å². The van der Waals surface area contributed by atoms with Crippen molar-refractivity contribution < 1.29 is 18.0 Å². The van der Waals surface area contributed by atoms with Gasteiger partial charge >= 0.3 is 6.36 Å². The topological polar surface area (TPSA) is 33.3 Å². The Morgan fingerprint density at radius 1 is 0.955 bits per heavy atom. The number of aryl methyl sites for hydroxylation is 1. The van der Waals surface area contributed by atoms with Crippen molar-refractivity contribution in [2.45, 2.75) is 26.3 Å². The third kappa shape index (κ3) is 5.05. The molecule has 0 amide bonds. The molecule has 0 saturated heterocycles. The average Bonchev–Trinajstić information content (AvgIpc) is 2.48. The second-order valence-corrected chi connectivity index (χ2v) is 4.70. The van der Waals surface area contributed by atoms with Gasteiger partial charge in [0.2, 0.25) is 0 Å². The summed E-state index contributed by atoms with van der Waals surface area (Å²) in [6.07, 6.45) is -3.96. The van der Waals surface area contributed by atoms with E-state index in [4.69, 9.17) is 0 Å². The lowest BCUT2D eigenvalue weighted by Crippen LogP contribution is -2.25. The molecule has 2 N–H and O–H groups in total. The van der Waals surface area contributed by atoms with Crippen molar-refractivity contribution in [1.29, 1.82) is 0 Å². The summed E-state index contributed by atoms with van der Waals surface area (Å²) in [5, 5.41) is 3.25. The number of para-hydroxylation sites is 1. The van der Waals surface area contributed by atoms with E-state index in [0.29, 0.717) is 6.42 Å². The number of anilines is 2. The minimum atomic E-state index is -4.68. The van der Waals surface area contributed by atoms with Crippen LogP contribution in [0.15, 0.2) is 48.5 Å². The predicted molar refractivity (Wildman–Crippen MR) is 79.5 cm³/mol. The van der Waals surface area contributed by atoms with E-state index in [-0.39, 0.29) is 6.54 Å². The second-order valence-electron chi connectivity index (χ2n) is 4.70.